The van der Waals surface area contributed by atoms with Crippen molar-refractivity contribution in [1.82, 2.24) is 9.97 Å². The summed E-state index contributed by atoms with van der Waals surface area (Å²) in [7, 11) is 0. The predicted octanol–water partition coefficient (Wildman–Crippen LogP) is 2.20. The Morgan fingerprint density at radius 3 is 2.88 bits per heavy atom. The van der Waals surface area contributed by atoms with Gasteiger partial charge in [-0.15, -0.1) is 0 Å². The number of hydrogen-bond acceptors (Lipinski definition) is 7. The molecule has 2 aromatic rings. The second-order valence-corrected chi connectivity index (χ2v) is 7.62. The van der Waals surface area contributed by atoms with Crippen molar-refractivity contribution >= 4 is 16.9 Å². The summed E-state index contributed by atoms with van der Waals surface area (Å²) >= 11 is 1.62. The molecule has 3 aliphatic heterocycles. The lowest BCUT2D eigenvalue weighted by Crippen LogP contribution is -2.52. The molecule has 0 radical (unpaired) electrons. The van der Waals surface area contributed by atoms with Gasteiger partial charge >= 0.3 is 0 Å². The second kappa shape index (κ2) is 5.71. The fourth-order valence-corrected chi connectivity index (χ4v) is 5.07. The minimum atomic E-state index is -0.376. The highest BCUT2D eigenvalue weighted by Gasteiger charge is 2.53. The SMILES string of the molecule is NC1=N[C@@]2(CS1)c1cc(-c3cncnc3)ccc1OC1CCOC[C@@H]12. The van der Waals surface area contributed by atoms with E-state index in [1.165, 1.54) is 6.33 Å². The van der Waals surface area contributed by atoms with E-state index in [2.05, 4.69) is 22.1 Å². The second-order valence-electron chi connectivity index (χ2n) is 6.63. The minimum absolute atomic E-state index is 0.127. The molecule has 1 aromatic carbocycles. The molecule has 5 rings (SSSR count). The molecule has 3 aliphatic rings. The molecule has 2 N–H and O–H groups in total. The normalized spacial score (nSPS) is 30.3. The summed E-state index contributed by atoms with van der Waals surface area (Å²) in [4.78, 5) is 13.2. The van der Waals surface area contributed by atoms with E-state index in [9.17, 15) is 0 Å². The minimum Gasteiger partial charge on any atom is -0.489 e. The summed E-state index contributed by atoms with van der Waals surface area (Å²) < 4.78 is 12.1. The van der Waals surface area contributed by atoms with Crippen molar-refractivity contribution in [2.45, 2.75) is 18.1 Å². The van der Waals surface area contributed by atoms with Crippen LogP contribution in [0.4, 0.5) is 0 Å². The average molecular weight is 354 g/mol. The van der Waals surface area contributed by atoms with Crippen LogP contribution >= 0.6 is 11.8 Å². The molecule has 1 unspecified atom stereocenters. The van der Waals surface area contributed by atoms with Gasteiger partial charge < -0.3 is 15.2 Å². The Bertz CT molecular complexity index is 844. The van der Waals surface area contributed by atoms with Gasteiger partial charge in [0.1, 0.15) is 23.7 Å². The maximum atomic E-state index is 6.32. The molecule has 1 aromatic heterocycles. The van der Waals surface area contributed by atoms with Crippen LogP contribution in [0.5, 0.6) is 5.75 Å². The van der Waals surface area contributed by atoms with Crippen LogP contribution < -0.4 is 10.5 Å². The van der Waals surface area contributed by atoms with Gasteiger partial charge in [-0.1, -0.05) is 17.8 Å². The van der Waals surface area contributed by atoms with Gasteiger partial charge in [0.2, 0.25) is 0 Å². The van der Waals surface area contributed by atoms with Gasteiger partial charge in [-0.25, -0.2) is 15.0 Å². The van der Waals surface area contributed by atoms with E-state index in [0.29, 0.717) is 11.8 Å². The number of aromatic nitrogens is 2. The number of amidine groups is 1. The van der Waals surface area contributed by atoms with Crippen molar-refractivity contribution in [2.75, 3.05) is 19.0 Å². The lowest BCUT2D eigenvalue weighted by molar-refractivity contribution is -0.0628. The van der Waals surface area contributed by atoms with E-state index < -0.39 is 0 Å². The van der Waals surface area contributed by atoms with Crippen molar-refractivity contribution in [3.8, 4) is 16.9 Å². The Balaban J connectivity index is 1.68. The molecule has 1 saturated heterocycles. The third-order valence-electron chi connectivity index (χ3n) is 5.27. The van der Waals surface area contributed by atoms with Crippen LogP contribution in [0.1, 0.15) is 12.0 Å². The first-order valence-electron chi connectivity index (χ1n) is 8.39. The Hall–Kier alpha value is -2.12. The third-order valence-corrected chi connectivity index (χ3v) is 6.25. The highest BCUT2D eigenvalue weighted by atomic mass is 32.2. The number of thioether (sulfide) groups is 1. The standard InChI is InChI=1S/C18H18N4O2S/c19-17-22-18(9-25-17)13-5-11(12-6-20-10-21-7-12)1-2-15(13)24-16-3-4-23-8-14(16)18/h1-2,5-7,10,14,16H,3-4,8-9H2,(H2,19,22)/t14-,16?,18-/m0/s1. The first-order chi connectivity index (χ1) is 12.3. The number of ether oxygens (including phenoxy) is 2. The highest BCUT2D eigenvalue weighted by Crippen LogP contribution is 2.52. The van der Waals surface area contributed by atoms with Crippen LogP contribution in [0.3, 0.4) is 0 Å². The zero-order valence-electron chi connectivity index (χ0n) is 13.6. The van der Waals surface area contributed by atoms with E-state index in [0.717, 1.165) is 41.2 Å². The van der Waals surface area contributed by atoms with E-state index >= 15 is 0 Å². The molecule has 6 nitrogen and oxygen atoms in total. The van der Waals surface area contributed by atoms with Crippen LogP contribution in [-0.4, -0.2) is 40.2 Å². The predicted molar refractivity (Wildman–Crippen MR) is 96.6 cm³/mol. The summed E-state index contributed by atoms with van der Waals surface area (Å²) in [6.07, 6.45) is 6.19. The summed E-state index contributed by atoms with van der Waals surface area (Å²) in [5.41, 5.74) is 8.83. The summed E-state index contributed by atoms with van der Waals surface area (Å²) in [6, 6.07) is 6.25. The van der Waals surface area contributed by atoms with Gasteiger partial charge in [-0.05, 0) is 17.7 Å². The summed E-state index contributed by atoms with van der Waals surface area (Å²) in [6.45, 7) is 1.39. The monoisotopic (exact) mass is 354 g/mol. The van der Waals surface area contributed by atoms with Crippen LogP contribution in [-0.2, 0) is 10.3 Å². The van der Waals surface area contributed by atoms with E-state index in [1.54, 1.807) is 11.8 Å². The zero-order valence-corrected chi connectivity index (χ0v) is 14.4. The van der Waals surface area contributed by atoms with E-state index in [-0.39, 0.29) is 17.6 Å². The maximum Gasteiger partial charge on any atom is 0.154 e. The molecular formula is C18H18N4O2S. The first kappa shape index (κ1) is 15.2. The fraction of sp³-hybridized carbons (Fsp3) is 0.389. The number of fused-ring (bicyclic) bond motifs is 4. The topological polar surface area (TPSA) is 82.6 Å². The van der Waals surface area contributed by atoms with Crippen molar-refractivity contribution in [3.05, 3.63) is 42.5 Å². The van der Waals surface area contributed by atoms with Gasteiger partial charge in [-0.2, -0.15) is 0 Å². The lowest BCUT2D eigenvalue weighted by atomic mass is 9.73. The third kappa shape index (κ3) is 2.33. The van der Waals surface area contributed by atoms with Crippen molar-refractivity contribution in [2.24, 2.45) is 16.6 Å². The number of hydrogen-bond donors (Lipinski definition) is 1. The van der Waals surface area contributed by atoms with Crippen LogP contribution in [0, 0.1) is 5.92 Å². The average Bonchev–Trinajstić information content (AvgIpc) is 3.05. The summed E-state index contributed by atoms with van der Waals surface area (Å²) in [5.74, 6) is 1.92. The number of nitrogens with zero attached hydrogens (tertiary/aromatic N) is 3. The Kier molecular flexibility index (Phi) is 3.46. The summed E-state index contributed by atoms with van der Waals surface area (Å²) in [5, 5.41) is 0.644. The molecule has 0 saturated carbocycles. The quantitative estimate of drug-likeness (QED) is 0.845. The molecule has 0 bridgehead atoms. The number of benzene rings is 1. The maximum absolute atomic E-state index is 6.32. The molecule has 0 aliphatic carbocycles. The molecule has 7 heteroatoms. The van der Waals surface area contributed by atoms with Crippen molar-refractivity contribution < 1.29 is 9.47 Å². The Labute approximate surface area is 149 Å². The van der Waals surface area contributed by atoms with Crippen molar-refractivity contribution in [3.63, 3.8) is 0 Å². The van der Waals surface area contributed by atoms with E-state index in [4.69, 9.17) is 20.2 Å². The number of rotatable bonds is 1. The molecule has 128 valence electrons. The Morgan fingerprint density at radius 2 is 2.08 bits per heavy atom. The zero-order chi connectivity index (χ0) is 16.9. The van der Waals surface area contributed by atoms with E-state index in [1.807, 2.05) is 18.5 Å². The molecule has 4 heterocycles. The molecule has 1 spiro atoms. The molecule has 25 heavy (non-hydrogen) atoms. The smallest absolute Gasteiger partial charge is 0.154 e. The lowest BCUT2D eigenvalue weighted by Gasteiger charge is -2.46. The molecular weight excluding hydrogens is 336 g/mol. The van der Waals surface area contributed by atoms with Gasteiger partial charge in [0.25, 0.3) is 0 Å². The first-order valence-corrected chi connectivity index (χ1v) is 9.37. The molecule has 3 atom stereocenters. The fourth-order valence-electron chi connectivity index (χ4n) is 4.04. The number of nitrogens with two attached hydrogens (primary N) is 1. The Morgan fingerprint density at radius 1 is 1.20 bits per heavy atom. The highest BCUT2D eigenvalue weighted by molar-refractivity contribution is 8.14. The van der Waals surface area contributed by atoms with Gasteiger partial charge in [-0.3, -0.25) is 0 Å². The number of aliphatic imine (C=N–C) groups is 1. The largest absolute Gasteiger partial charge is 0.489 e. The molecule has 1 fully saturated rings. The van der Waals surface area contributed by atoms with Crippen LogP contribution in [0.25, 0.3) is 11.1 Å². The van der Waals surface area contributed by atoms with Gasteiger partial charge in [0, 0.05) is 41.6 Å². The van der Waals surface area contributed by atoms with Crippen molar-refractivity contribution in [1.29, 1.82) is 0 Å². The van der Waals surface area contributed by atoms with Crippen LogP contribution in [0.15, 0.2) is 41.9 Å². The molecule has 0 amide bonds. The van der Waals surface area contributed by atoms with Gasteiger partial charge in [0.05, 0.1) is 13.2 Å². The van der Waals surface area contributed by atoms with Crippen LogP contribution in [0.2, 0.25) is 0 Å². The van der Waals surface area contributed by atoms with Gasteiger partial charge in [0.15, 0.2) is 5.17 Å².